The monoisotopic (exact) mass is 243 g/mol. The zero-order valence-corrected chi connectivity index (χ0v) is 8.47. The summed E-state index contributed by atoms with van der Waals surface area (Å²) in [4.78, 5) is 0. The molecule has 0 aliphatic heterocycles. The van der Waals surface area contributed by atoms with Crippen LogP contribution in [-0.2, 0) is 5.60 Å². The summed E-state index contributed by atoms with van der Waals surface area (Å²) in [6, 6.07) is 5.71. The van der Waals surface area contributed by atoms with Crippen molar-refractivity contribution in [2.45, 2.75) is 12.5 Å². The summed E-state index contributed by atoms with van der Waals surface area (Å²) in [5.41, 5.74) is -1.81. The third-order valence-corrected chi connectivity index (χ3v) is 2.16. The van der Waals surface area contributed by atoms with Crippen molar-refractivity contribution in [2.24, 2.45) is 0 Å². The Bertz CT molecular complexity index is 370. The van der Waals surface area contributed by atoms with Gasteiger partial charge >= 0.3 is 0 Å². The average Bonchev–Trinajstić information content (AvgIpc) is 2.09. The molecule has 68 valence electrons. The molecule has 0 bridgehead atoms. The molecule has 4 heteroatoms. The summed E-state index contributed by atoms with van der Waals surface area (Å²) in [5, 5.41) is 18.1. The Morgan fingerprint density at radius 1 is 1.62 bits per heavy atom. The van der Waals surface area contributed by atoms with Gasteiger partial charge in [-0.05, 0) is 25.1 Å². The summed E-state index contributed by atoms with van der Waals surface area (Å²) in [7, 11) is 0. The van der Waals surface area contributed by atoms with Gasteiger partial charge in [0.2, 0.25) is 0 Å². The number of nitriles is 1. The van der Waals surface area contributed by atoms with Gasteiger partial charge in [-0.1, -0.05) is 15.9 Å². The van der Waals surface area contributed by atoms with Crippen LogP contribution in [0.2, 0.25) is 0 Å². The summed E-state index contributed by atoms with van der Waals surface area (Å²) < 4.78 is 13.7. The van der Waals surface area contributed by atoms with E-state index in [1.807, 2.05) is 0 Å². The fraction of sp³-hybridized carbons (Fsp3) is 0.222. The van der Waals surface area contributed by atoms with Crippen LogP contribution in [0.4, 0.5) is 4.39 Å². The number of aliphatic hydroxyl groups is 1. The van der Waals surface area contributed by atoms with E-state index < -0.39 is 11.4 Å². The summed E-state index contributed by atoms with van der Waals surface area (Å²) in [6.45, 7) is 1.25. The molecule has 1 aromatic carbocycles. The number of nitrogens with zero attached hydrogens (tertiary/aromatic N) is 1. The van der Waals surface area contributed by atoms with Crippen molar-refractivity contribution in [2.75, 3.05) is 0 Å². The van der Waals surface area contributed by atoms with Crippen LogP contribution in [0.5, 0.6) is 0 Å². The molecule has 0 spiro atoms. The van der Waals surface area contributed by atoms with Gasteiger partial charge in [0.15, 0.2) is 5.60 Å². The van der Waals surface area contributed by atoms with Crippen LogP contribution in [0.3, 0.4) is 0 Å². The van der Waals surface area contributed by atoms with Crippen molar-refractivity contribution >= 4 is 15.9 Å². The normalized spacial score (nSPS) is 14.7. The highest BCUT2D eigenvalue weighted by Crippen LogP contribution is 2.25. The number of hydrogen-bond acceptors (Lipinski definition) is 2. The summed E-state index contributed by atoms with van der Waals surface area (Å²) >= 11 is 3.13. The van der Waals surface area contributed by atoms with Crippen LogP contribution in [0.25, 0.3) is 0 Å². The van der Waals surface area contributed by atoms with E-state index in [-0.39, 0.29) is 5.56 Å². The number of halogens is 2. The minimum atomic E-state index is -1.78. The van der Waals surface area contributed by atoms with Gasteiger partial charge in [-0.25, -0.2) is 4.39 Å². The Balaban J connectivity index is 3.30. The second-order valence-corrected chi connectivity index (χ2v) is 3.72. The van der Waals surface area contributed by atoms with Gasteiger partial charge < -0.3 is 5.11 Å². The highest BCUT2D eigenvalue weighted by Gasteiger charge is 2.26. The minimum absolute atomic E-state index is 0.0237. The molecule has 1 rings (SSSR count). The molecule has 0 fully saturated rings. The Morgan fingerprint density at radius 3 is 2.77 bits per heavy atom. The van der Waals surface area contributed by atoms with Crippen molar-refractivity contribution in [1.82, 2.24) is 0 Å². The number of benzene rings is 1. The van der Waals surface area contributed by atoms with Crippen LogP contribution in [0.1, 0.15) is 12.5 Å². The van der Waals surface area contributed by atoms with Crippen LogP contribution >= 0.6 is 15.9 Å². The lowest BCUT2D eigenvalue weighted by Gasteiger charge is -2.15. The standard InChI is InChI=1S/C9H7BrFNO/c1-9(13,5-12)7-4-6(10)2-3-8(7)11/h2-4,13H,1H3. The smallest absolute Gasteiger partial charge is 0.176 e. The molecule has 1 aromatic rings. The molecule has 1 unspecified atom stereocenters. The summed E-state index contributed by atoms with van der Waals surface area (Å²) in [6.07, 6.45) is 0. The molecule has 0 amide bonds. The largest absolute Gasteiger partial charge is 0.372 e. The van der Waals surface area contributed by atoms with E-state index in [1.54, 1.807) is 6.07 Å². The maximum Gasteiger partial charge on any atom is 0.176 e. The van der Waals surface area contributed by atoms with Gasteiger partial charge in [-0.15, -0.1) is 0 Å². The van der Waals surface area contributed by atoms with E-state index >= 15 is 0 Å². The Kier molecular flexibility index (Phi) is 2.69. The van der Waals surface area contributed by atoms with Crippen LogP contribution < -0.4 is 0 Å². The predicted molar refractivity (Wildman–Crippen MR) is 49.3 cm³/mol. The molecular formula is C9H7BrFNO. The molecule has 1 atom stereocenters. The molecule has 0 radical (unpaired) electrons. The van der Waals surface area contributed by atoms with Crippen molar-refractivity contribution in [3.05, 3.63) is 34.1 Å². The van der Waals surface area contributed by atoms with E-state index in [0.717, 1.165) is 0 Å². The first-order chi connectivity index (χ1) is 5.97. The second kappa shape index (κ2) is 3.44. The van der Waals surface area contributed by atoms with E-state index in [2.05, 4.69) is 15.9 Å². The van der Waals surface area contributed by atoms with Crippen molar-refractivity contribution in [1.29, 1.82) is 5.26 Å². The third-order valence-electron chi connectivity index (χ3n) is 1.67. The van der Waals surface area contributed by atoms with Gasteiger partial charge in [0.1, 0.15) is 11.9 Å². The predicted octanol–water partition coefficient (Wildman–Crippen LogP) is 2.32. The lowest BCUT2D eigenvalue weighted by atomic mass is 9.97. The van der Waals surface area contributed by atoms with Crippen LogP contribution in [0, 0.1) is 17.1 Å². The maximum absolute atomic E-state index is 13.1. The molecule has 0 saturated heterocycles. The van der Waals surface area contributed by atoms with Gasteiger partial charge in [0.25, 0.3) is 0 Å². The Hall–Kier alpha value is -0.920. The Morgan fingerprint density at radius 2 is 2.23 bits per heavy atom. The quantitative estimate of drug-likeness (QED) is 0.770. The molecule has 0 heterocycles. The maximum atomic E-state index is 13.1. The first-order valence-electron chi connectivity index (χ1n) is 3.56. The lowest BCUT2D eigenvalue weighted by molar-refractivity contribution is 0.115. The molecule has 0 aliphatic rings. The number of hydrogen-bond donors (Lipinski definition) is 1. The zero-order valence-electron chi connectivity index (χ0n) is 6.88. The first kappa shape index (κ1) is 10.2. The van der Waals surface area contributed by atoms with E-state index in [4.69, 9.17) is 5.26 Å². The Labute approximate surface area is 83.7 Å². The topological polar surface area (TPSA) is 44.0 Å². The molecule has 0 aromatic heterocycles. The van der Waals surface area contributed by atoms with Gasteiger partial charge in [-0.2, -0.15) is 5.26 Å². The highest BCUT2D eigenvalue weighted by molar-refractivity contribution is 9.10. The highest BCUT2D eigenvalue weighted by atomic mass is 79.9. The van der Waals surface area contributed by atoms with Crippen LogP contribution in [0.15, 0.2) is 22.7 Å². The van der Waals surface area contributed by atoms with Crippen molar-refractivity contribution in [3.8, 4) is 6.07 Å². The molecule has 0 aliphatic carbocycles. The molecule has 1 N–H and O–H groups in total. The average molecular weight is 244 g/mol. The fourth-order valence-corrected chi connectivity index (χ4v) is 1.29. The SMILES string of the molecule is CC(O)(C#N)c1cc(Br)ccc1F. The van der Waals surface area contributed by atoms with Gasteiger partial charge in [0.05, 0.1) is 0 Å². The minimum Gasteiger partial charge on any atom is -0.372 e. The molecular weight excluding hydrogens is 237 g/mol. The third kappa shape index (κ3) is 2.06. The van der Waals surface area contributed by atoms with Crippen molar-refractivity contribution < 1.29 is 9.50 Å². The summed E-state index contributed by atoms with van der Waals surface area (Å²) in [5.74, 6) is -0.588. The molecule has 0 saturated carbocycles. The van der Waals surface area contributed by atoms with E-state index in [1.165, 1.54) is 25.1 Å². The molecule has 2 nitrogen and oxygen atoms in total. The van der Waals surface area contributed by atoms with Gasteiger partial charge in [0, 0.05) is 10.0 Å². The van der Waals surface area contributed by atoms with Crippen molar-refractivity contribution in [3.63, 3.8) is 0 Å². The van der Waals surface area contributed by atoms with E-state index in [9.17, 15) is 9.50 Å². The van der Waals surface area contributed by atoms with E-state index in [0.29, 0.717) is 4.47 Å². The first-order valence-corrected chi connectivity index (χ1v) is 4.36. The second-order valence-electron chi connectivity index (χ2n) is 2.81. The van der Waals surface area contributed by atoms with Gasteiger partial charge in [-0.3, -0.25) is 0 Å². The number of rotatable bonds is 1. The lowest BCUT2D eigenvalue weighted by Crippen LogP contribution is -2.19. The zero-order chi connectivity index (χ0) is 10.1. The van der Waals surface area contributed by atoms with Crippen LogP contribution in [-0.4, -0.2) is 5.11 Å². The molecule has 13 heavy (non-hydrogen) atoms. The fourth-order valence-electron chi connectivity index (χ4n) is 0.931.